The van der Waals surface area contributed by atoms with Crippen LogP contribution in [0.1, 0.15) is 18.1 Å². The lowest BCUT2D eigenvalue weighted by molar-refractivity contribution is -0.137. The molecule has 2 nitrogen and oxygen atoms in total. The third-order valence-electron chi connectivity index (χ3n) is 2.84. The van der Waals surface area contributed by atoms with Crippen LogP contribution in [-0.4, -0.2) is 10.4 Å². The Balaban J connectivity index is 2.59. The lowest BCUT2D eigenvalue weighted by Crippen LogP contribution is -2.04. The number of halogens is 3. The van der Waals surface area contributed by atoms with Crippen LogP contribution in [-0.2, 0) is 24.4 Å². The molecule has 0 amide bonds. The van der Waals surface area contributed by atoms with Crippen LogP contribution in [0.2, 0.25) is 0 Å². The molecular weight excluding hydrogens is 243 g/mol. The summed E-state index contributed by atoms with van der Waals surface area (Å²) < 4.78 is 39.4. The Morgan fingerprint density at radius 3 is 2.56 bits per heavy atom. The van der Waals surface area contributed by atoms with Crippen molar-refractivity contribution >= 4 is 16.7 Å². The van der Waals surface area contributed by atoms with Gasteiger partial charge in [0.2, 0.25) is 0 Å². The molecular formula is C13H12F3NO. The number of carbonyl (C=O) groups excluding carboxylic acids is 1. The van der Waals surface area contributed by atoms with Gasteiger partial charge in [-0.3, -0.25) is 4.79 Å². The SMILES string of the molecule is CC(=O)Cc1cn(C)c2cc(C(F)(F)F)ccc12. The maximum atomic E-state index is 12.6. The van der Waals surface area contributed by atoms with Crippen LogP contribution in [0.5, 0.6) is 0 Å². The van der Waals surface area contributed by atoms with E-state index in [1.165, 1.54) is 13.0 Å². The Kier molecular flexibility index (Phi) is 2.92. The normalized spacial score (nSPS) is 12.1. The second-order valence-corrected chi connectivity index (χ2v) is 4.37. The summed E-state index contributed by atoms with van der Waals surface area (Å²) in [7, 11) is 1.67. The van der Waals surface area contributed by atoms with Gasteiger partial charge in [-0.1, -0.05) is 6.07 Å². The number of fused-ring (bicyclic) bond motifs is 1. The first-order chi connectivity index (χ1) is 8.29. The average molecular weight is 255 g/mol. The van der Waals surface area contributed by atoms with Crippen LogP contribution in [0.3, 0.4) is 0 Å². The standard InChI is InChI=1S/C13H12F3NO/c1-8(18)5-9-7-17(2)12-6-10(13(14,15)16)3-4-11(9)12/h3-4,6-7H,5H2,1-2H3. The molecule has 0 bridgehead atoms. The van der Waals surface area contributed by atoms with Crippen molar-refractivity contribution in [1.29, 1.82) is 0 Å². The van der Waals surface area contributed by atoms with Crippen LogP contribution in [0.25, 0.3) is 10.9 Å². The van der Waals surface area contributed by atoms with Crippen LogP contribution >= 0.6 is 0 Å². The lowest BCUT2D eigenvalue weighted by atomic mass is 10.1. The summed E-state index contributed by atoms with van der Waals surface area (Å²) in [6, 6.07) is 3.58. The molecule has 0 radical (unpaired) electrons. The van der Waals surface area contributed by atoms with Crippen molar-refractivity contribution in [2.24, 2.45) is 7.05 Å². The summed E-state index contributed by atoms with van der Waals surface area (Å²) in [5.41, 5.74) is 0.570. The van der Waals surface area contributed by atoms with E-state index in [1.807, 2.05) is 0 Å². The van der Waals surface area contributed by atoms with Gasteiger partial charge >= 0.3 is 6.18 Å². The monoisotopic (exact) mass is 255 g/mol. The van der Waals surface area contributed by atoms with Gasteiger partial charge in [-0.2, -0.15) is 13.2 Å². The highest BCUT2D eigenvalue weighted by Gasteiger charge is 2.30. The van der Waals surface area contributed by atoms with E-state index in [0.29, 0.717) is 10.9 Å². The number of benzene rings is 1. The van der Waals surface area contributed by atoms with Crippen molar-refractivity contribution in [3.8, 4) is 0 Å². The third kappa shape index (κ3) is 2.25. The van der Waals surface area contributed by atoms with Crippen molar-refractivity contribution < 1.29 is 18.0 Å². The summed E-state index contributed by atoms with van der Waals surface area (Å²) in [5.74, 6) is -0.0117. The molecule has 1 aromatic heterocycles. The molecule has 5 heteroatoms. The number of carbonyl (C=O) groups is 1. The molecule has 96 valence electrons. The first kappa shape index (κ1) is 12.7. The minimum atomic E-state index is -4.35. The van der Waals surface area contributed by atoms with Crippen molar-refractivity contribution in [2.75, 3.05) is 0 Å². The molecule has 0 aliphatic carbocycles. The van der Waals surface area contributed by atoms with Gasteiger partial charge in [0.15, 0.2) is 0 Å². The zero-order chi connectivity index (χ0) is 13.5. The van der Waals surface area contributed by atoms with Gasteiger partial charge < -0.3 is 4.57 Å². The van der Waals surface area contributed by atoms with E-state index in [9.17, 15) is 18.0 Å². The predicted octanol–water partition coefficient (Wildman–Crippen LogP) is 3.33. The van der Waals surface area contributed by atoms with Crippen LogP contribution in [0.15, 0.2) is 24.4 Å². The number of hydrogen-bond acceptors (Lipinski definition) is 1. The first-order valence-electron chi connectivity index (χ1n) is 5.43. The second-order valence-electron chi connectivity index (χ2n) is 4.37. The summed E-state index contributed by atoms with van der Waals surface area (Å²) in [6.45, 7) is 1.46. The third-order valence-corrected chi connectivity index (χ3v) is 2.84. The van der Waals surface area contributed by atoms with E-state index in [-0.39, 0.29) is 12.2 Å². The Morgan fingerprint density at radius 2 is 2.00 bits per heavy atom. The molecule has 2 aromatic rings. The molecule has 0 fully saturated rings. The largest absolute Gasteiger partial charge is 0.416 e. The van der Waals surface area contributed by atoms with E-state index in [1.54, 1.807) is 17.8 Å². The number of Topliss-reactive ketones (excluding diaryl/α,β-unsaturated/α-hetero) is 1. The molecule has 18 heavy (non-hydrogen) atoms. The molecule has 0 unspecified atom stereocenters. The highest BCUT2D eigenvalue weighted by molar-refractivity contribution is 5.89. The minimum Gasteiger partial charge on any atom is -0.350 e. The van der Waals surface area contributed by atoms with Gasteiger partial charge in [-0.05, 0) is 24.6 Å². The van der Waals surface area contributed by atoms with Gasteiger partial charge in [0.05, 0.1) is 5.56 Å². The smallest absolute Gasteiger partial charge is 0.350 e. The molecule has 0 N–H and O–H groups in total. The van der Waals surface area contributed by atoms with E-state index in [4.69, 9.17) is 0 Å². The molecule has 0 aliphatic heterocycles. The average Bonchev–Trinajstić information content (AvgIpc) is 2.53. The molecule has 0 saturated carbocycles. The maximum absolute atomic E-state index is 12.6. The molecule has 0 saturated heterocycles. The number of alkyl halides is 3. The van der Waals surface area contributed by atoms with Gasteiger partial charge in [0, 0.05) is 30.6 Å². The zero-order valence-electron chi connectivity index (χ0n) is 10.0. The number of aryl methyl sites for hydroxylation is 1. The van der Waals surface area contributed by atoms with Gasteiger partial charge in [0.1, 0.15) is 5.78 Å². The first-order valence-corrected chi connectivity index (χ1v) is 5.43. The second kappa shape index (κ2) is 4.15. The minimum absolute atomic E-state index is 0.0117. The summed E-state index contributed by atoms with van der Waals surface area (Å²) in [4.78, 5) is 11.1. The van der Waals surface area contributed by atoms with Crippen LogP contribution in [0.4, 0.5) is 13.2 Å². The Labute approximate surface area is 102 Å². The zero-order valence-corrected chi connectivity index (χ0v) is 10.0. The summed E-state index contributed by atoms with van der Waals surface area (Å²) >= 11 is 0. The molecule has 1 aromatic carbocycles. The van der Waals surface area contributed by atoms with Crippen molar-refractivity contribution in [3.63, 3.8) is 0 Å². The van der Waals surface area contributed by atoms with Crippen molar-refractivity contribution in [2.45, 2.75) is 19.5 Å². The number of ketones is 1. The quantitative estimate of drug-likeness (QED) is 0.806. The van der Waals surface area contributed by atoms with Gasteiger partial charge in [-0.25, -0.2) is 0 Å². The highest BCUT2D eigenvalue weighted by Crippen LogP contribution is 2.32. The van der Waals surface area contributed by atoms with E-state index in [0.717, 1.165) is 17.7 Å². The number of hydrogen-bond donors (Lipinski definition) is 0. The van der Waals surface area contributed by atoms with Gasteiger partial charge in [0.25, 0.3) is 0 Å². The van der Waals surface area contributed by atoms with Crippen LogP contribution in [0, 0.1) is 0 Å². The molecule has 1 heterocycles. The number of rotatable bonds is 2. The van der Waals surface area contributed by atoms with E-state index >= 15 is 0 Å². The molecule has 0 spiro atoms. The Bertz CT molecular complexity index is 610. The highest BCUT2D eigenvalue weighted by atomic mass is 19.4. The fourth-order valence-electron chi connectivity index (χ4n) is 2.05. The van der Waals surface area contributed by atoms with E-state index < -0.39 is 11.7 Å². The molecule has 0 atom stereocenters. The Morgan fingerprint density at radius 1 is 1.33 bits per heavy atom. The topological polar surface area (TPSA) is 22.0 Å². The number of aromatic nitrogens is 1. The van der Waals surface area contributed by atoms with Gasteiger partial charge in [-0.15, -0.1) is 0 Å². The van der Waals surface area contributed by atoms with Crippen molar-refractivity contribution in [3.05, 3.63) is 35.5 Å². The fraction of sp³-hybridized carbons (Fsp3) is 0.308. The molecule has 0 aliphatic rings. The summed E-state index contributed by atoms with van der Waals surface area (Å²) in [6.07, 6.45) is -2.41. The fourth-order valence-corrected chi connectivity index (χ4v) is 2.05. The maximum Gasteiger partial charge on any atom is 0.416 e. The lowest BCUT2D eigenvalue weighted by Gasteiger charge is -2.07. The number of nitrogens with zero attached hydrogens (tertiary/aromatic N) is 1. The predicted molar refractivity (Wildman–Crippen MR) is 62.3 cm³/mol. The molecule has 2 rings (SSSR count). The van der Waals surface area contributed by atoms with E-state index in [2.05, 4.69) is 0 Å². The van der Waals surface area contributed by atoms with Crippen LogP contribution < -0.4 is 0 Å². The summed E-state index contributed by atoms with van der Waals surface area (Å²) in [5, 5.41) is 0.695. The Hall–Kier alpha value is -1.78. The van der Waals surface area contributed by atoms with Crippen molar-refractivity contribution in [1.82, 2.24) is 4.57 Å².